The lowest BCUT2D eigenvalue weighted by Crippen LogP contribution is -2.19. The van der Waals surface area contributed by atoms with Gasteiger partial charge in [-0.15, -0.1) is 0 Å². The number of aryl methyl sites for hydroxylation is 1. The molecule has 5 heteroatoms. The van der Waals surface area contributed by atoms with E-state index in [0.29, 0.717) is 29.2 Å². The fraction of sp³-hybridized carbons (Fsp3) is 0.375. The highest BCUT2D eigenvalue weighted by atomic mass is 16.5. The van der Waals surface area contributed by atoms with Crippen LogP contribution < -0.4 is 9.64 Å². The Balaban J connectivity index is 1.92. The van der Waals surface area contributed by atoms with E-state index in [1.54, 1.807) is 12.1 Å². The van der Waals surface area contributed by atoms with Crippen molar-refractivity contribution in [2.45, 2.75) is 33.2 Å². The van der Waals surface area contributed by atoms with E-state index in [1.807, 2.05) is 57.2 Å². The number of rotatable bonds is 7. The number of carbonyl (C=O) groups excluding carboxylic acids is 1. The van der Waals surface area contributed by atoms with Crippen LogP contribution in [-0.4, -0.2) is 43.5 Å². The van der Waals surface area contributed by atoms with Crippen molar-refractivity contribution in [3.8, 4) is 11.5 Å². The predicted molar refractivity (Wildman–Crippen MR) is 118 cm³/mol. The molecule has 0 atom stereocenters. The topological polar surface area (TPSA) is 53.0 Å². The molecule has 0 amide bonds. The summed E-state index contributed by atoms with van der Waals surface area (Å²) >= 11 is 0. The van der Waals surface area contributed by atoms with E-state index in [4.69, 9.17) is 4.74 Å². The van der Waals surface area contributed by atoms with Gasteiger partial charge >= 0.3 is 0 Å². The Morgan fingerprint density at radius 2 is 1.83 bits per heavy atom. The standard InChI is InChI=1S/C24H30N2O3/c1-6-7-12-26(5)15-19-20(27)13-16(2)22-23(28)21(29-24(19)22)14-17-8-10-18(11-9-17)25(3)4/h8-11,13-14,27H,6-7,12,15H2,1-5H3/b21-14-. The quantitative estimate of drug-likeness (QED) is 0.695. The number of benzene rings is 2. The van der Waals surface area contributed by atoms with Crippen molar-refractivity contribution in [2.75, 3.05) is 32.6 Å². The van der Waals surface area contributed by atoms with Gasteiger partial charge in [0.2, 0.25) is 5.78 Å². The summed E-state index contributed by atoms with van der Waals surface area (Å²) in [7, 11) is 5.99. The number of ketones is 1. The number of hydrogen-bond acceptors (Lipinski definition) is 5. The fourth-order valence-electron chi connectivity index (χ4n) is 3.53. The highest BCUT2D eigenvalue weighted by Crippen LogP contribution is 2.42. The average molecular weight is 395 g/mol. The summed E-state index contributed by atoms with van der Waals surface area (Å²) in [4.78, 5) is 17.2. The maximum Gasteiger partial charge on any atom is 0.232 e. The van der Waals surface area contributed by atoms with Crippen LogP contribution in [0.15, 0.2) is 36.1 Å². The largest absolute Gasteiger partial charge is 0.507 e. The lowest BCUT2D eigenvalue weighted by molar-refractivity contribution is 0.101. The molecule has 1 aliphatic rings. The van der Waals surface area contributed by atoms with Gasteiger partial charge in [0.05, 0.1) is 11.1 Å². The summed E-state index contributed by atoms with van der Waals surface area (Å²) in [6, 6.07) is 9.60. The maximum atomic E-state index is 13.0. The monoisotopic (exact) mass is 394 g/mol. The van der Waals surface area contributed by atoms with Crippen molar-refractivity contribution in [3.63, 3.8) is 0 Å². The van der Waals surface area contributed by atoms with Gasteiger partial charge in [-0.1, -0.05) is 25.5 Å². The summed E-state index contributed by atoms with van der Waals surface area (Å²) in [5.41, 5.74) is 3.94. The van der Waals surface area contributed by atoms with Gasteiger partial charge in [-0.2, -0.15) is 0 Å². The average Bonchev–Trinajstić information content (AvgIpc) is 3.00. The van der Waals surface area contributed by atoms with E-state index < -0.39 is 0 Å². The number of aromatic hydroxyl groups is 1. The van der Waals surface area contributed by atoms with Crippen LogP contribution >= 0.6 is 0 Å². The van der Waals surface area contributed by atoms with Gasteiger partial charge in [0.25, 0.3) is 0 Å². The molecule has 5 nitrogen and oxygen atoms in total. The van der Waals surface area contributed by atoms with Gasteiger partial charge in [0.15, 0.2) is 5.76 Å². The first-order valence-electron chi connectivity index (χ1n) is 10.1. The molecule has 0 spiro atoms. The van der Waals surface area contributed by atoms with Crippen molar-refractivity contribution < 1.29 is 14.6 Å². The van der Waals surface area contributed by atoms with Gasteiger partial charge in [-0.05, 0) is 62.3 Å². The number of hydrogen-bond donors (Lipinski definition) is 1. The smallest absolute Gasteiger partial charge is 0.232 e. The Morgan fingerprint density at radius 1 is 1.14 bits per heavy atom. The van der Waals surface area contributed by atoms with Crippen molar-refractivity contribution in [1.82, 2.24) is 4.90 Å². The first-order valence-corrected chi connectivity index (χ1v) is 10.1. The third-order valence-corrected chi connectivity index (χ3v) is 5.25. The second kappa shape index (κ2) is 8.70. The number of phenolic OH excluding ortho intramolecular Hbond substituents is 1. The number of carbonyl (C=O) groups is 1. The summed E-state index contributed by atoms with van der Waals surface area (Å²) in [5, 5.41) is 10.5. The number of phenols is 1. The Kier molecular flexibility index (Phi) is 6.28. The Morgan fingerprint density at radius 3 is 2.45 bits per heavy atom. The Hall–Kier alpha value is -2.79. The second-order valence-electron chi connectivity index (χ2n) is 7.91. The van der Waals surface area contributed by atoms with E-state index in [1.165, 1.54) is 0 Å². The summed E-state index contributed by atoms with van der Waals surface area (Å²) in [6.45, 7) is 5.44. The Bertz CT molecular complexity index is 930. The van der Waals surface area contributed by atoms with Gasteiger partial charge < -0.3 is 19.6 Å². The van der Waals surface area contributed by atoms with Crippen LogP contribution in [0.25, 0.3) is 6.08 Å². The van der Waals surface area contributed by atoms with Crippen LogP contribution in [0.1, 0.15) is 46.8 Å². The van der Waals surface area contributed by atoms with E-state index in [0.717, 1.165) is 36.2 Å². The normalized spacial score (nSPS) is 14.4. The molecule has 0 saturated carbocycles. The second-order valence-corrected chi connectivity index (χ2v) is 7.91. The Labute approximate surface area is 173 Å². The minimum absolute atomic E-state index is 0.133. The third kappa shape index (κ3) is 4.46. The molecule has 29 heavy (non-hydrogen) atoms. The number of nitrogens with zero attached hydrogens (tertiary/aromatic N) is 2. The lowest BCUT2D eigenvalue weighted by Gasteiger charge is -2.19. The molecular formula is C24H30N2O3. The zero-order valence-corrected chi connectivity index (χ0v) is 18.0. The lowest BCUT2D eigenvalue weighted by atomic mass is 9.99. The molecule has 0 fully saturated rings. The first-order chi connectivity index (χ1) is 13.8. The van der Waals surface area contributed by atoms with Gasteiger partial charge in [0, 0.05) is 26.3 Å². The molecule has 3 rings (SSSR count). The highest BCUT2D eigenvalue weighted by molar-refractivity contribution is 6.15. The molecule has 0 aliphatic carbocycles. The molecule has 0 radical (unpaired) electrons. The molecule has 0 unspecified atom stereocenters. The van der Waals surface area contributed by atoms with Crippen molar-refractivity contribution in [2.24, 2.45) is 0 Å². The van der Waals surface area contributed by atoms with E-state index >= 15 is 0 Å². The molecule has 0 saturated heterocycles. The van der Waals surface area contributed by atoms with Gasteiger partial charge in [-0.3, -0.25) is 4.79 Å². The molecule has 0 bridgehead atoms. The SMILES string of the molecule is CCCCN(C)Cc1c(O)cc(C)c2c1O/C(=C\c1ccc(N(C)C)cc1)C2=O. The van der Waals surface area contributed by atoms with Crippen LogP contribution in [0, 0.1) is 6.92 Å². The van der Waals surface area contributed by atoms with Crippen LogP contribution in [0.4, 0.5) is 5.69 Å². The van der Waals surface area contributed by atoms with E-state index in [9.17, 15) is 9.90 Å². The minimum atomic E-state index is -0.133. The summed E-state index contributed by atoms with van der Waals surface area (Å²) in [6.07, 6.45) is 3.96. The van der Waals surface area contributed by atoms with Gasteiger partial charge in [-0.25, -0.2) is 0 Å². The molecular weight excluding hydrogens is 364 g/mol. The number of fused-ring (bicyclic) bond motifs is 1. The van der Waals surface area contributed by atoms with Crippen molar-refractivity contribution in [3.05, 3.63) is 58.3 Å². The van der Waals surface area contributed by atoms with Crippen molar-refractivity contribution in [1.29, 1.82) is 0 Å². The molecule has 2 aromatic carbocycles. The molecule has 0 aromatic heterocycles. The van der Waals surface area contributed by atoms with E-state index in [2.05, 4.69) is 11.8 Å². The molecule has 2 aromatic rings. The van der Waals surface area contributed by atoms with Crippen LogP contribution in [0.5, 0.6) is 11.5 Å². The molecule has 1 aliphatic heterocycles. The highest BCUT2D eigenvalue weighted by Gasteiger charge is 2.33. The molecule has 154 valence electrons. The van der Waals surface area contributed by atoms with Crippen LogP contribution in [-0.2, 0) is 6.54 Å². The van der Waals surface area contributed by atoms with Crippen molar-refractivity contribution >= 4 is 17.5 Å². The number of ether oxygens (including phenoxy) is 1. The van der Waals surface area contributed by atoms with Crippen LogP contribution in [0.2, 0.25) is 0 Å². The minimum Gasteiger partial charge on any atom is -0.507 e. The van der Waals surface area contributed by atoms with Crippen LogP contribution in [0.3, 0.4) is 0 Å². The molecule has 1 heterocycles. The number of Topliss-reactive ketones (excluding diaryl/α,β-unsaturated/α-hetero) is 1. The maximum absolute atomic E-state index is 13.0. The van der Waals surface area contributed by atoms with Gasteiger partial charge in [0.1, 0.15) is 11.5 Å². The molecule has 1 N–H and O–H groups in total. The first kappa shape index (κ1) is 20.9. The number of anilines is 1. The zero-order chi connectivity index (χ0) is 21.1. The summed E-state index contributed by atoms with van der Waals surface area (Å²) < 4.78 is 6.01. The number of unbranched alkanes of at least 4 members (excludes halogenated alkanes) is 1. The third-order valence-electron chi connectivity index (χ3n) is 5.25. The predicted octanol–water partition coefficient (Wildman–Crippen LogP) is 4.61. The fourth-order valence-corrected chi connectivity index (χ4v) is 3.53. The van der Waals surface area contributed by atoms with E-state index in [-0.39, 0.29) is 11.5 Å². The number of allylic oxidation sites excluding steroid dienone is 1. The summed E-state index contributed by atoms with van der Waals surface area (Å²) in [5.74, 6) is 0.830. The zero-order valence-electron chi connectivity index (χ0n) is 18.0.